The van der Waals surface area contributed by atoms with Crippen LogP contribution in [0.15, 0.2) is 41.3 Å². The van der Waals surface area contributed by atoms with Gasteiger partial charge in [-0.3, -0.25) is 9.52 Å². The van der Waals surface area contributed by atoms with Crippen molar-refractivity contribution < 1.29 is 27.1 Å². The molecule has 5 rings (SSSR count). The van der Waals surface area contributed by atoms with Crippen molar-refractivity contribution in [1.82, 2.24) is 9.03 Å². The summed E-state index contributed by atoms with van der Waals surface area (Å²) in [6.07, 6.45) is 1.50. The van der Waals surface area contributed by atoms with Crippen LogP contribution >= 0.6 is 23.9 Å². The maximum absolute atomic E-state index is 14.8. The number of nitrogens with one attached hydrogen (secondary N) is 1. The number of alkyl halides is 3. The number of carbonyl (C=O) groups excluding carboxylic acids is 1. The van der Waals surface area contributed by atoms with Crippen LogP contribution in [-0.4, -0.2) is 35.2 Å². The van der Waals surface area contributed by atoms with Gasteiger partial charge in [0.15, 0.2) is 0 Å². The fourth-order valence-corrected chi connectivity index (χ4v) is 5.98. The first kappa shape index (κ1) is 25.7. The molecular formula is C26H28F4N2O2S2. The quantitative estimate of drug-likeness (QED) is 0.272. The minimum atomic E-state index is -4.35. The molecule has 1 heterocycles. The Kier molecular flexibility index (Phi) is 7.74. The SMILES string of the molecule is O=C(NSC1CC1)c1cc(C2CC2)c(OCC2CCN(Sc3cccc(C(F)(F)F)c3)CC2)cc1F. The summed E-state index contributed by atoms with van der Waals surface area (Å²) < 4.78 is 64.6. The molecule has 1 saturated heterocycles. The lowest BCUT2D eigenvalue weighted by Gasteiger charge is -2.31. The van der Waals surface area contributed by atoms with Gasteiger partial charge in [-0.05, 0) is 104 Å². The average Bonchev–Trinajstić information content (AvgIpc) is 3.76. The lowest BCUT2D eigenvalue weighted by Crippen LogP contribution is -2.31. The number of piperidine rings is 1. The molecule has 0 atom stereocenters. The van der Waals surface area contributed by atoms with E-state index in [0.29, 0.717) is 28.4 Å². The van der Waals surface area contributed by atoms with Crippen LogP contribution in [0.3, 0.4) is 0 Å². The highest BCUT2D eigenvalue weighted by molar-refractivity contribution is 7.98. The third kappa shape index (κ3) is 6.69. The van der Waals surface area contributed by atoms with E-state index in [2.05, 4.69) is 9.03 Å². The van der Waals surface area contributed by atoms with Gasteiger partial charge in [-0.15, -0.1) is 0 Å². The molecule has 0 aromatic heterocycles. The monoisotopic (exact) mass is 540 g/mol. The van der Waals surface area contributed by atoms with Crippen molar-refractivity contribution in [3.8, 4) is 5.75 Å². The lowest BCUT2D eigenvalue weighted by molar-refractivity contribution is -0.137. The molecule has 1 amide bonds. The van der Waals surface area contributed by atoms with Crippen LogP contribution < -0.4 is 9.46 Å². The molecule has 194 valence electrons. The molecule has 3 aliphatic rings. The minimum absolute atomic E-state index is 0.0670. The van der Waals surface area contributed by atoms with E-state index in [1.54, 1.807) is 12.1 Å². The van der Waals surface area contributed by atoms with E-state index in [1.807, 2.05) is 0 Å². The molecule has 0 spiro atoms. The molecule has 0 bridgehead atoms. The van der Waals surface area contributed by atoms with Crippen molar-refractivity contribution in [2.75, 3.05) is 19.7 Å². The minimum Gasteiger partial charge on any atom is -0.493 e. The number of hydrogen-bond donors (Lipinski definition) is 1. The van der Waals surface area contributed by atoms with Gasteiger partial charge in [-0.25, -0.2) is 8.70 Å². The second kappa shape index (κ2) is 10.8. The Morgan fingerprint density at radius 2 is 1.81 bits per heavy atom. The molecular weight excluding hydrogens is 512 g/mol. The molecule has 1 aliphatic heterocycles. The van der Waals surface area contributed by atoms with Gasteiger partial charge in [0, 0.05) is 29.3 Å². The fourth-order valence-electron chi connectivity index (χ4n) is 4.21. The zero-order valence-corrected chi connectivity index (χ0v) is 21.3. The number of ether oxygens (including phenoxy) is 1. The number of nitrogens with zero attached hydrogens (tertiary/aromatic N) is 1. The molecule has 2 aromatic rings. The predicted molar refractivity (Wildman–Crippen MR) is 134 cm³/mol. The maximum Gasteiger partial charge on any atom is 0.416 e. The normalized spacial score (nSPS) is 19.3. The van der Waals surface area contributed by atoms with Crippen LogP contribution in [0.1, 0.15) is 65.9 Å². The standard InChI is InChI=1S/C26H28F4N2O2S2/c27-23-14-24(21(17-4-5-17)13-22(23)25(33)31-35-19-6-7-19)34-15-16-8-10-32(11-9-16)36-20-3-1-2-18(12-20)26(28,29)30/h1-3,12-14,16-17,19H,4-11,15H2,(H,31,33). The molecule has 2 aliphatic carbocycles. The summed E-state index contributed by atoms with van der Waals surface area (Å²) in [5.74, 6) is 0.117. The Balaban J connectivity index is 1.14. The van der Waals surface area contributed by atoms with Gasteiger partial charge in [-0.1, -0.05) is 6.07 Å². The van der Waals surface area contributed by atoms with Crippen LogP contribution in [0, 0.1) is 11.7 Å². The summed E-state index contributed by atoms with van der Waals surface area (Å²) in [5.41, 5.74) is 0.326. The third-order valence-electron chi connectivity index (χ3n) is 6.65. The van der Waals surface area contributed by atoms with E-state index in [9.17, 15) is 22.4 Å². The number of rotatable bonds is 9. The number of benzene rings is 2. The molecule has 36 heavy (non-hydrogen) atoms. The Labute approximate surface area is 216 Å². The first-order valence-corrected chi connectivity index (χ1v) is 13.9. The highest BCUT2D eigenvalue weighted by atomic mass is 32.2. The molecule has 10 heteroatoms. The van der Waals surface area contributed by atoms with Crippen molar-refractivity contribution in [3.63, 3.8) is 0 Å². The number of hydrogen-bond acceptors (Lipinski definition) is 5. The summed E-state index contributed by atoms with van der Waals surface area (Å²) >= 11 is 2.71. The van der Waals surface area contributed by atoms with Crippen molar-refractivity contribution >= 4 is 29.8 Å². The Bertz CT molecular complexity index is 1100. The molecule has 4 nitrogen and oxygen atoms in total. The lowest BCUT2D eigenvalue weighted by atomic mass is 9.99. The summed E-state index contributed by atoms with van der Waals surface area (Å²) in [6, 6.07) is 8.39. The molecule has 0 unspecified atom stereocenters. The van der Waals surface area contributed by atoms with Crippen LogP contribution in [0.5, 0.6) is 5.75 Å². The average molecular weight is 541 g/mol. The Morgan fingerprint density at radius 1 is 1.06 bits per heavy atom. The van der Waals surface area contributed by atoms with E-state index < -0.39 is 23.5 Å². The summed E-state index contributed by atoms with van der Waals surface area (Å²) in [6.45, 7) is 1.91. The maximum atomic E-state index is 14.8. The second-order valence-electron chi connectivity index (χ2n) is 9.69. The highest BCUT2D eigenvalue weighted by Gasteiger charge is 2.32. The number of halogens is 4. The Morgan fingerprint density at radius 3 is 2.47 bits per heavy atom. The zero-order valence-electron chi connectivity index (χ0n) is 19.7. The first-order chi connectivity index (χ1) is 17.3. The van der Waals surface area contributed by atoms with Gasteiger partial charge in [0.2, 0.25) is 0 Å². The van der Waals surface area contributed by atoms with Crippen LogP contribution in [0.2, 0.25) is 0 Å². The van der Waals surface area contributed by atoms with Gasteiger partial charge >= 0.3 is 6.18 Å². The van der Waals surface area contributed by atoms with Gasteiger partial charge < -0.3 is 4.74 Å². The van der Waals surface area contributed by atoms with E-state index in [1.165, 1.54) is 42.1 Å². The van der Waals surface area contributed by atoms with Crippen molar-refractivity contribution in [2.45, 2.75) is 60.8 Å². The second-order valence-corrected chi connectivity index (χ2v) is 12.0. The van der Waals surface area contributed by atoms with Crippen molar-refractivity contribution in [3.05, 3.63) is 58.9 Å². The topological polar surface area (TPSA) is 41.6 Å². The Hall–Kier alpha value is -1.91. The van der Waals surface area contributed by atoms with E-state index in [4.69, 9.17) is 4.74 Å². The summed E-state index contributed by atoms with van der Waals surface area (Å²) in [4.78, 5) is 13.0. The van der Waals surface area contributed by atoms with Crippen LogP contribution in [0.4, 0.5) is 17.6 Å². The highest BCUT2D eigenvalue weighted by Crippen LogP contribution is 2.45. The van der Waals surface area contributed by atoms with E-state index >= 15 is 0 Å². The predicted octanol–water partition coefficient (Wildman–Crippen LogP) is 7.06. The molecule has 2 aromatic carbocycles. The molecule has 3 fully saturated rings. The largest absolute Gasteiger partial charge is 0.493 e. The van der Waals surface area contributed by atoms with Crippen molar-refractivity contribution in [1.29, 1.82) is 0 Å². The van der Waals surface area contributed by atoms with Crippen LogP contribution in [-0.2, 0) is 6.18 Å². The number of carbonyl (C=O) groups is 1. The molecule has 0 radical (unpaired) electrons. The summed E-state index contributed by atoms with van der Waals surface area (Å²) in [5, 5.41) is 0.442. The molecule has 2 saturated carbocycles. The van der Waals surface area contributed by atoms with Gasteiger partial charge in [0.25, 0.3) is 5.91 Å². The first-order valence-electron chi connectivity index (χ1n) is 12.3. The zero-order chi connectivity index (χ0) is 25.3. The molecule has 1 N–H and O–H groups in total. The van der Waals surface area contributed by atoms with E-state index in [-0.39, 0.29) is 11.5 Å². The van der Waals surface area contributed by atoms with E-state index in [0.717, 1.165) is 63.2 Å². The smallest absolute Gasteiger partial charge is 0.416 e. The third-order valence-corrected chi connectivity index (χ3v) is 8.84. The van der Waals surface area contributed by atoms with Gasteiger partial charge in [0.05, 0.1) is 17.7 Å². The summed E-state index contributed by atoms with van der Waals surface area (Å²) in [7, 11) is 0. The number of amides is 1. The van der Waals surface area contributed by atoms with Crippen LogP contribution in [0.25, 0.3) is 0 Å². The fraction of sp³-hybridized carbons (Fsp3) is 0.500. The van der Waals surface area contributed by atoms with Gasteiger partial charge in [-0.2, -0.15) is 13.2 Å². The van der Waals surface area contributed by atoms with Crippen molar-refractivity contribution in [2.24, 2.45) is 5.92 Å². The van der Waals surface area contributed by atoms with Gasteiger partial charge in [0.1, 0.15) is 11.6 Å².